The first-order valence-electron chi connectivity index (χ1n) is 13.6. The third kappa shape index (κ3) is 4.68. The van der Waals surface area contributed by atoms with Crippen LogP contribution in [0, 0.1) is 18.8 Å². The SMILES string of the molecule is CCS(=O)(=O)N1CC[C@H](CNc2nc3cnc(-c4c(C)ncnc4C4CC4)nc3n(C(C)C3CC3)c2=O)C1. The van der Waals surface area contributed by atoms with Gasteiger partial charge in [-0.25, -0.2) is 37.6 Å². The molecule has 2 saturated carbocycles. The molecule has 0 bridgehead atoms. The van der Waals surface area contributed by atoms with Crippen LogP contribution in [0.4, 0.5) is 5.82 Å². The summed E-state index contributed by atoms with van der Waals surface area (Å²) >= 11 is 0. The first-order valence-corrected chi connectivity index (χ1v) is 15.2. The topological polar surface area (TPSA) is 136 Å². The van der Waals surface area contributed by atoms with Gasteiger partial charge in [-0.1, -0.05) is 0 Å². The summed E-state index contributed by atoms with van der Waals surface area (Å²) in [5.74, 6) is 1.83. The van der Waals surface area contributed by atoms with Crippen LogP contribution in [0.15, 0.2) is 17.3 Å². The second-order valence-corrected chi connectivity index (χ2v) is 13.2. The third-order valence-electron chi connectivity index (χ3n) is 8.16. The van der Waals surface area contributed by atoms with Crippen molar-refractivity contribution in [2.45, 2.75) is 64.8 Å². The van der Waals surface area contributed by atoms with Crippen LogP contribution in [0.5, 0.6) is 0 Å². The van der Waals surface area contributed by atoms with Crippen LogP contribution in [-0.4, -0.2) is 67.6 Å². The fourth-order valence-corrected chi connectivity index (χ4v) is 6.67. The Morgan fingerprint density at radius 3 is 2.61 bits per heavy atom. The molecule has 3 fully saturated rings. The zero-order chi connectivity index (χ0) is 26.6. The van der Waals surface area contributed by atoms with Crippen LogP contribution in [0.1, 0.15) is 69.3 Å². The van der Waals surface area contributed by atoms with Crippen LogP contribution < -0.4 is 10.9 Å². The Balaban J connectivity index is 1.35. The molecule has 1 aliphatic heterocycles. The second kappa shape index (κ2) is 9.64. The largest absolute Gasteiger partial charge is 0.365 e. The van der Waals surface area contributed by atoms with E-state index in [0.29, 0.717) is 48.5 Å². The van der Waals surface area contributed by atoms with E-state index in [-0.39, 0.29) is 29.1 Å². The van der Waals surface area contributed by atoms with Crippen molar-refractivity contribution in [2.24, 2.45) is 11.8 Å². The number of nitrogens with zero attached hydrogens (tertiary/aromatic N) is 7. The van der Waals surface area contributed by atoms with E-state index in [1.165, 1.54) is 0 Å². The van der Waals surface area contributed by atoms with Gasteiger partial charge in [0, 0.05) is 31.6 Å². The fraction of sp³-hybridized carbons (Fsp3) is 0.615. The Hall–Kier alpha value is -2.99. The lowest BCUT2D eigenvalue weighted by Crippen LogP contribution is -2.32. The molecule has 2 aliphatic carbocycles. The molecular formula is C26H34N8O3S. The molecule has 12 heteroatoms. The fourth-order valence-electron chi connectivity index (χ4n) is 5.48. The minimum atomic E-state index is -3.21. The van der Waals surface area contributed by atoms with E-state index in [0.717, 1.165) is 49.1 Å². The summed E-state index contributed by atoms with van der Waals surface area (Å²) in [6.07, 6.45) is 8.39. The molecule has 0 spiro atoms. The standard InChI is InChI=1S/C26H34N8O3S/c1-4-38(36,37)33-10-9-17(13-33)11-27-24-26(35)34(16(3)18-5-6-18)25-20(31-24)12-28-23(32-25)21-15(2)29-14-30-22(21)19-7-8-19/h12,14,16-19H,4-11,13H2,1-3H3,(H,27,31)/t16?,17-/m1/s1. The van der Waals surface area contributed by atoms with Crippen LogP contribution in [-0.2, 0) is 10.0 Å². The van der Waals surface area contributed by atoms with Crippen molar-refractivity contribution in [2.75, 3.05) is 30.7 Å². The molecule has 4 heterocycles. The minimum absolute atomic E-state index is 0.0241. The lowest BCUT2D eigenvalue weighted by Gasteiger charge is -2.20. The highest BCUT2D eigenvalue weighted by Crippen LogP contribution is 2.43. The van der Waals surface area contributed by atoms with Crippen molar-refractivity contribution in [3.05, 3.63) is 34.3 Å². The van der Waals surface area contributed by atoms with E-state index >= 15 is 0 Å². The van der Waals surface area contributed by atoms with E-state index in [2.05, 4.69) is 32.2 Å². The molecule has 0 amide bonds. The van der Waals surface area contributed by atoms with E-state index in [9.17, 15) is 13.2 Å². The summed E-state index contributed by atoms with van der Waals surface area (Å²) in [5, 5.41) is 3.24. The molecule has 38 heavy (non-hydrogen) atoms. The van der Waals surface area contributed by atoms with Gasteiger partial charge in [0.2, 0.25) is 10.0 Å². The van der Waals surface area contributed by atoms with Gasteiger partial charge in [-0.05, 0) is 64.7 Å². The van der Waals surface area contributed by atoms with Crippen molar-refractivity contribution in [3.63, 3.8) is 0 Å². The van der Waals surface area contributed by atoms with Gasteiger partial charge in [0.1, 0.15) is 11.8 Å². The molecule has 3 aliphatic rings. The number of aromatic nitrogens is 6. The van der Waals surface area contributed by atoms with Gasteiger partial charge in [-0.3, -0.25) is 9.36 Å². The summed E-state index contributed by atoms with van der Waals surface area (Å²) in [4.78, 5) is 36.9. The van der Waals surface area contributed by atoms with E-state index in [1.54, 1.807) is 28.3 Å². The summed E-state index contributed by atoms with van der Waals surface area (Å²) in [6, 6.07) is -0.0241. The Kier molecular flexibility index (Phi) is 6.42. The molecule has 0 radical (unpaired) electrons. The van der Waals surface area contributed by atoms with Crippen molar-refractivity contribution in [1.82, 2.24) is 33.8 Å². The van der Waals surface area contributed by atoms with E-state index in [4.69, 9.17) is 4.98 Å². The highest BCUT2D eigenvalue weighted by Gasteiger charge is 2.34. The second-order valence-electron chi connectivity index (χ2n) is 10.9. The molecule has 202 valence electrons. The van der Waals surface area contributed by atoms with Gasteiger partial charge in [0.05, 0.1) is 28.9 Å². The Morgan fingerprint density at radius 2 is 1.89 bits per heavy atom. The summed E-state index contributed by atoms with van der Waals surface area (Å²) in [6.45, 7) is 7.12. The van der Waals surface area contributed by atoms with Gasteiger partial charge in [0.25, 0.3) is 5.56 Å². The average Bonchev–Trinajstić information content (AvgIpc) is 3.84. The Morgan fingerprint density at radius 1 is 1.11 bits per heavy atom. The van der Waals surface area contributed by atoms with Gasteiger partial charge in [0.15, 0.2) is 17.3 Å². The number of hydrogen-bond donors (Lipinski definition) is 1. The third-order valence-corrected chi connectivity index (χ3v) is 10.0. The molecule has 2 atom stereocenters. The van der Waals surface area contributed by atoms with Crippen LogP contribution >= 0.6 is 0 Å². The summed E-state index contributed by atoms with van der Waals surface area (Å²) < 4.78 is 27.8. The highest BCUT2D eigenvalue weighted by atomic mass is 32.2. The van der Waals surface area contributed by atoms with Gasteiger partial charge in [-0.2, -0.15) is 0 Å². The van der Waals surface area contributed by atoms with E-state index in [1.807, 2.05) is 6.92 Å². The van der Waals surface area contributed by atoms with Gasteiger partial charge < -0.3 is 5.32 Å². The Bertz CT molecular complexity index is 1550. The minimum Gasteiger partial charge on any atom is -0.365 e. The normalized spacial score (nSPS) is 21.2. The lowest BCUT2D eigenvalue weighted by atomic mass is 10.1. The molecule has 1 unspecified atom stereocenters. The molecular weight excluding hydrogens is 504 g/mol. The zero-order valence-corrected chi connectivity index (χ0v) is 22.9. The molecule has 3 aromatic rings. The number of nitrogens with one attached hydrogen (secondary N) is 1. The van der Waals surface area contributed by atoms with E-state index < -0.39 is 10.0 Å². The lowest BCUT2D eigenvalue weighted by molar-refractivity contribution is 0.462. The maximum atomic E-state index is 13.8. The van der Waals surface area contributed by atoms with Crippen molar-refractivity contribution < 1.29 is 8.42 Å². The molecule has 1 N–H and O–H groups in total. The Labute approximate surface area is 222 Å². The van der Waals surface area contributed by atoms with Crippen LogP contribution in [0.3, 0.4) is 0 Å². The molecule has 1 saturated heterocycles. The first kappa shape index (κ1) is 25.3. The predicted octanol–water partition coefficient (Wildman–Crippen LogP) is 2.88. The molecule has 3 aromatic heterocycles. The predicted molar refractivity (Wildman–Crippen MR) is 144 cm³/mol. The zero-order valence-electron chi connectivity index (χ0n) is 22.1. The highest BCUT2D eigenvalue weighted by molar-refractivity contribution is 7.89. The van der Waals surface area contributed by atoms with Crippen molar-refractivity contribution >= 4 is 27.0 Å². The summed E-state index contributed by atoms with van der Waals surface area (Å²) in [7, 11) is -3.21. The van der Waals surface area contributed by atoms with Gasteiger partial charge in [-0.15, -0.1) is 0 Å². The number of sulfonamides is 1. The average molecular weight is 539 g/mol. The summed E-state index contributed by atoms with van der Waals surface area (Å²) in [5.41, 5.74) is 3.52. The number of fused-ring (bicyclic) bond motifs is 1. The maximum absolute atomic E-state index is 13.8. The molecule has 11 nitrogen and oxygen atoms in total. The first-order chi connectivity index (χ1) is 18.3. The number of aryl methyl sites for hydroxylation is 1. The smallest absolute Gasteiger partial charge is 0.295 e. The van der Waals surface area contributed by atoms with Crippen molar-refractivity contribution in [3.8, 4) is 11.4 Å². The van der Waals surface area contributed by atoms with Crippen LogP contribution in [0.25, 0.3) is 22.6 Å². The quantitative estimate of drug-likeness (QED) is 0.436. The van der Waals surface area contributed by atoms with Gasteiger partial charge >= 0.3 is 0 Å². The molecule has 6 rings (SSSR count). The monoisotopic (exact) mass is 538 g/mol. The number of rotatable bonds is 9. The number of hydrogen-bond acceptors (Lipinski definition) is 9. The van der Waals surface area contributed by atoms with Crippen LogP contribution in [0.2, 0.25) is 0 Å². The maximum Gasteiger partial charge on any atom is 0.295 e. The van der Waals surface area contributed by atoms with Crippen molar-refractivity contribution in [1.29, 1.82) is 0 Å². The number of anilines is 1. The molecule has 0 aromatic carbocycles.